The van der Waals surface area contributed by atoms with E-state index in [4.69, 9.17) is 5.73 Å². The average Bonchev–Trinajstić information content (AvgIpc) is 2.66. The first kappa shape index (κ1) is 12.5. The van der Waals surface area contributed by atoms with Crippen molar-refractivity contribution in [2.45, 2.75) is 13.0 Å². The fourth-order valence-corrected chi connectivity index (χ4v) is 1.99. The van der Waals surface area contributed by atoms with Gasteiger partial charge in [-0.3, -0.25) is 9.59 Å². The van der Waals surface area contributed by atoms with Crippen LogP contribution in [-0.2, 0) is 16.1 Å². The van der Waals surface area contributed by atoms with E-state index in [1.807, 2.05) is 0 Å². The molecule has 2 N–H and O–H groups in total. The van der Waals surface area contributed by atoms with Crippen molar-refractivity contribution in [3.63, 3.8) is 0 Å². The van der Waals surface area contributed by atoms with Crippen molar-refractivity contribution in [2.75, 3.05) is 6.54 Å². The summed E-state index contributed by atoms with van der Waals surface area (Å²) < 4.78 is 26.8. The number of rotatable bonds is 3. The Morgan fingerprint density at radius 3 is 2.50 bits per heavy atom. The standard InChI is InChI=1S/C12H12F2N2O2/c13-9-2-1-3-10(14)8(9)6-16-5-7(12(15)18)4-11(16)17/h1-3,7H,4-6H2,(H2,15,18). The van der Waals surface area contributed by atoms with Crippen LogP contribution < -0.4 is 5.73 Å². The zero-order valence-corrected chi connectivity index (χ0v) is 9.53. The second kappa shape index (κ2) is 4.72. The Labute approximate surface area is 102 Å². The maximum absolute atomic E-state index is 13.4. The summed E-state index contributed by atoms with van der Waals surface area (Å²) in [6.45, 7) is -0.0664. The smallest absolute Gasteiger partial charge is 0.223 e. The Bertz CT molecular complexity index is 485. The van der Waals surface area contributed by atoms with Crippen LogP contribution in [0.2, 0.25) is 0 Å². The van der Waals surface area contributed by atoms with E-state index in [2.05, 4.69) is 0 Å². The summed E-state index contributed by atoms with van der Waals surface area (Å²) in [6.07, 6.45) is 0.00536. The molecule has 0 radical (unpaired) electrons. The molecule has 18 heavy (non-hydrogen) atoms. The summed E-state index contributed by atoms with van der Waals surface area (Å²) in [5, 5.41) is 0. The number of carbonyl (C=O) groups is 2. The third kappa shape index (κ3) is 2.32. The molecule has 1 unspecified atom stereocenters. The zero-order chi connectivity index (χ0) is 13.3. The van der Waals surface area contributed by atoms with Gasteiger partial charge in [-0.2, -0.15) is 0 Å². The van der Waals surface area contributed by atoms with Crippen molar-refractivity contribution in [1.29, 1.82) is 0 Å². The first-order valence-corrected chi connectivity index (χ1v) is 5.49. The van der Waals surface area contributed by atoms with E-state index in [1.54, 1.807) is 0 Å². The van der Waals surface area contributed by atoms with Crippen molar-refractivity contribution in [3.05, 3.63) is 35.4 Å². The Hall–Kier alpha value is -1.98. The van der Waals surface area contributed by atoms with Crippen LogP contribution in [0.3, 0.4) is 0 Å². The minimum absolute atomic E-state index is 0.00536. The van der Waals surface area contributed by atoms with Gasteiger partial charge in [-0.1, -0.05) is 6.07 Å². The molecule has 6 heteroatoms. The van der Waals surface area contributed by atoms with Crippen molar-refractivity contribution in [3.8, 4) is 0 Å². The first-order chi connectivity index (χ1) is 8.49. The van der Waals surface area contributed by atoms with Crippen molar-refractivity contribution < 1.29 is 18.4 Å². The molecule has 0 saturated carbocycles. The van der Waals surface area contributed by atoms with E-state index in [9.17, 15) is 18.4 Å². The third-order valence-corrected chi connectivity index (χ3v) is 3.03. The Kier molecular flexibility index (Phi) is 3.27. The van der Waals surface area contributed by atoms with Crippen LogP contribution in [0.15, 0.2) is 18.2 Å². The zero-order valence-electron chi connectivity index (χ0n) is 9.53. The number of primary amides is 1. The summed E-state index contributed by atoms with van der Waals surface area (Å²) in [7, 11) is 0. The quantitative estimate of drug-likeness (QED) is 0.867. The number of hydrogen-bond donors (Lipinski definition) is 1. The molecule has 4 nitrogen and oxygen atoms in total. The molecule has 2 amide bonds. The molecule has 1 aromatic rings. The van der Waals surface area contributed by atoms with Gasteiger partial charge >= 0.3 is 0 Å². The van der Waals surface area contributed by atoms with E-state index in [-0.39, 0.29) is 31.0 Å². The largest absolute Gasteiger partial charge is 0.369 e. The van der Waals surface area contributed by atoms with E-state index in [0.29, 0.717) is 0 Å². The average molecular weight is 254 g/mol. The van der Waals surface area contributed by atoms with Crippen LogP contribution in [0, 0.1) is 17.6 Å². The molecule has 96 valence electrons. The van der Waals surface area contributed by atoms with Crippen LogP contribution in [0.1, 0.15) is 12.0 Å². The van der Waals surface area contributed by atoms with Gasteiger partial charge in [0.2, 0.25) is 11.8 Å². The first-order valence-electron chi connectivity index (χ1n) is 5.49. The number of halogens is 2. The van der Waals surface area contributed by atoms with Gasteiger partial charge in [0.15, 0.2) is 0 Å². The number of benzene rings is 1. The minimum atomic E-state index is -0.703. The van der Waals surface area contributed by atoms with Gasteiger partial charge in [-0.15, -0.1) is 0 Å². The van der Waals surface area contributed by atoms with Crippen molar-refractivity contribution >= 4 is 11.8 Å². The number of nitrogens with two attached hydrogens (primary N) is 1. The molecule has 1 aromatic carbocycles. The monoisotopic (exact) mass is 254 g/mol. The Balaban J connectivity index is 2.15. The van der Waals surface area contributed by atoms with Crippen molar-refractivity contribution in [1.82, 2.24) is 4.90 Å². The molecule has 0 aromatic heterocycles. The molecule has 0 spiro atoms. The normalized spacial score (nSPS) is 19.3. The predicted molar refractivity (Wildman–Crippen MR) is 59.1 cm³/mol. The molecule has 0 bridgehead atoms. The fourth-order valence-electron chi connectivity index (χ4n) is 1.99. The fraction of sp³-hybridized carbons (Fsp3) is 0.333. The van der Waals surface area contributed by atoms with Gasteiger partial charge in [0.25, 0.3) is 0 Å². The van der Waals surface area contributed by atoms with Gasteiger partial charge in [-0.05, 0) is 12.1 Å². The van der Waals surface area contributed by atoms with Gasteiger partial charge in [0.1, 0.15) is 11.6 Å². The maximum Gasteiger partial charge on any atom is 0.223 e. The van der Waals surface area contributed by atoms with Gasteiger partial charge < -0.3 is 10.6 Å². The van der Waals surface area contributed by atoms with Gasteiger partial charge in [-0.25, -0.2) is 8.78 Å². The highest BCUT2D eigenvalue weighted by atomic mass is 19.1. The molecule has 0 aliphatic carbocycles. The van der Waals surface area contributed by atoms with E-state index >= 15 is 0 Å². The number of likely N-dealkylation sites (tertiary alicyclic amines) is 1. The topological polar surface area (TPSA) is 63.4 Å². The predicted octanol–water partition coefficient (Wildman–Crippen LogP) is 0.799. The molecule has 1 heterocycles. The van der Waals surface area contributed by atoms with E-state index in [0.717, 1.165) is 12.1 Å². The summed E-state index contributed by atoms with van der Waals surface area (Å²) in [4.78, 5) is 23.8. The Morgan fingerprint density at radius 2 is 2.00 bits per heavy atom. The summed E-state index contributed by atoms with van der Waals surface area (Å²) in [5.41, 5.74) is 4.94. The molecule has 1 atom stereocenters. The van der Waals surface area contributed by atoms with Crippen LogP contribution in [0.25, 0.3) is 0 Å². The van der Waals surface area contributed by atoms with Crippen LogP contribution in [0.5, 0.6) is 0 Å². The lowest BCUT2D eigenvalue weighted by atomic mass is 10.1. The number of carbonyl (C=O) groups excluding carboxylic acids is 2. The lowest BCUT2D eigenvalue weighted by molar-refractivity contribution is -0.128. The van der Waals surface area contributed by atoms with E-state index < -0.39 is 23.5 Å². The molecule has 1 aliphatic rings. The van der Waals surface area contributed by atoms with Crippen molar-refractivity contribution in [2.24, 2.45) is 11.7 Å². The second-order valence-corrected chi connectivity index (χ2v) is 4.28. The highest BCUT2D eigenvalue weighted by Crippen LogP contribution is 2.22. The van der Waals surface area contributed by atoms with Crippen LogP contribution >= 0.6 is 0 Å². The number of nitrogens with zero attached hydrogens (tertiary/aromatic N) is 1. The van der Waals surface area contributed by atoms with Crippen LogP contribution in [-0.4, -0.2) is 23.3 Å². The maximum atomic E-state index is 13.4. The third-order valence-electron chi connectivity index (χ3n) is 3.03. The second-order valence-electron chi connectivity index (χ2n) is 4.28. The summed E-state index contributed by atoms with van der Waals surface area (Å²) in [5.74, 6) is -2.87. The molecule has 1 saturated heterocycles. The molecular formula is C12H12F2N2O2. The van der Waals surface area contributed by atoms with Gasteiger partial charge in [0, 0.05) is 18.5 Å². The molecular weight excluding hydrogens is 242 g/mol. The van der Waals surface area contributed by atoms with E-state index in [1.165, 1.54) is 11.0 Å². The number of hydrogen-bond acceptors (Lipinski definition) is 2. The van der Waals surface area contributed by atoms with Gasteiger partial charge in [0.05, 0.1) is 12.5 Å². The molecule has 1 aliphatic heterocycles. The number of amides is 2. The lowest BCUT2D eigenvalue weighted by Gasteiger charge is -2.17. The molecule has 1 fully saturated rings. The minimum Gasteiger partial charge on any atom is -0.369 e. The highest BCUT2D eigenvalue weighted by molar-refractivity contribution is 5.88. The summed E-state index contributed by atoms with van der Waals surface area (Å²) >= 11 is 0. The highest BCUT2D eigenvalue weighted by Gasteiger charge is 2.33. The Morgan fingerprint density at radius 1 is 1.39 bits per heavy atom. The molecule has 2 rings (SSSR count). The lowest BCUT2D eigenvalue weighted by Crippen LogP contribution is -2.28. The van der Waals surface area contributed by atoms with Crippen LogP contribution in [0.4, 0.5) is 8.78 Å². The SMILES string of the molecule is NC(=O)C1CC(=O)N(Cc2c(F)cccc2F)C1. The summed E-state index contributed by atoms with van der Waals surface area (Å²) in [6, 6.07) is 3.52.